The summed E-state index contributed by atoms with van der Waals surface area (Å²) in [5.74, 6) is -0.227. The Hall–Kier alpha value is -2.83. The van der Waals surface area contributed by atoms with Crippen molar-refractivity contribution >= 4 is 17.5 Å². The predicted molar refractivity (Wildman–Crippen MR) is 93.5 cm³/mol. The van der Waals surface area contributed by atoms with Crippen molar-refractivity contribution in [3.63, 3.8) is 0 Å². The van der Waals surface area contributed by atoms with Crippen LogP contribution in [0.4, 0.5) is 30.6 Å². The van der Waals surface area contributed by atoms with Crippen LogP contribution < -0.4 is 10.6 Å². The lowest BCUT2D eigenvalue weighted by atomic mass is 10.1. The van der Waals surface area contributed by atoms with Gasteiger partial charge in [0.15, 0.2) is 0 Å². The zero-order valence-corrected chi connectivity index (χ0v) is 15.4. The largest absolute Gasteiger partial charge is 0.421 e. The lowest BCUT2D eigenvalue weighted by molar-refractivity contribution is -0.137. The number of hydrogen-bond acceptors (Lipinski definition) is 6. The monoisotopic (exact) mass is 379 g/mol. The van der Waals surface area contributed by atoms with Gasteiger partial charge in [0.2, 0.25) is 5.95 Å². The summed E-state index contributed by atoms with van der Waals surface area (Å²) in [6.45, 7) is 6.92. The Morgan fingerprint density at radius 3 is 2.52 bits per heavy atom. The van der Waals surface area contributed by atoms with E-state index >= 15 is 0 Å². The minimum atomic E-state index is -4.61. The average Bonchev–Trinajstić information content (AvgIpc) is 3.16. The molecule has 144 valence electrons. The average molecular weight is 379 g/mol. The lowest BCUT2D eigenvalue weighted by Crippen LogP contribution is -2.24. The molecule has 0 bridgehead atoms. The number of halogens is 3. The molecule has 0 unspecified atom stereocenters. The minimum Gasteiger partial charge on any atom is -0.349 e. The van der Waals surface area contributed by atoms with E-state index in [0.717, 1.165) is 19.0 Å². The number of nitrogens with one attached hydrogen (secondary N) is 2. The second-order valence-electron chi connectivity index (χ2n) is 7.51. The van der Waals surface area contributed by atoms with Crippen LogP contribution in [0.5, 0.6) is 0 Å². The molecule has 2 heterocycles. The van der Waals surface area contributed by atoms with Crippen LogP contribution in [0, 0.1) is 18.3 Å². The molecule has 2 aromatic heterocycles. The Labute approximate surface area is 154 Å². The van der Waals surface area contributed by atoms with E-state index in [1.165, 1.54) is 10.9 Å². The molecule has 27 heavy (non-hydrogen) atoms. The third kappa shape index (κ3) is 3.97. The van der Waals surface area contributed by atoms with Crippen molar-refractivity contribution in [3.05, 3.63) is 23.7 Å². The zero-order chi connectivity index (χ0) is 20.0. The predicted octanol–water partition coefficient (Wildman–Crippen LogP) is 3.97. The topological polar surface area (TPSA) is 91.5 Å². The van der Waals surface area contributed by atoms with Crippen molar-refractivity contribution < 1.29 is 13.2 Å². The Morgan fingerprint density at radius 1 is 1.30 bits per heavy atom. The molecule has 2 N–H and O–H groups in total. The second-order valence-corrected chi connectivity index (χ2v) is 7.51. The quantitative estimate of drug-likeness (QED) is 0.817. The van der Waals surface area contributed by atoms with E-state index in [2.05, 4.69) is 31.8 Å². The molecule has 1 fully saturated rings. The first-order valence-corrected chi connectivity index (χ1v) is 8.41. The van der Waals surface area contributed by atoms with Gasteiger partial charge in [-0.3, -0.25) is 4.68 Å². The number of nitrogens with zero attached hydrogens (tertiary/aromatic N) is 5. The van der Waals surface area contributed by atoms with E-state index < -0.39 is 17.3 Å². The first kappa shape index (κ1) is 18.9. The highest BCUT2D eigenvalue weighted by Gasteiger charge is 2.39. The van der Waals surface area contributed by atoms with E-state index in [0.29, 0.717) is 11.4 Å². The van der Waals surface area contributed by atoms with Crippen LogP contribution >= 0.6 is 0 Å². The summed E-state index contributed by atoms with van der Waals surface area (Å²) in [6.07, 6.45) is -0.525. The van der Waals surface area contributed by atoms with Gasteiger partial charge < -0.3 is 10.6 Å². The van der Waals surface area contributed by atoms with E-state index in [4.69, 9.17) is 0 Å². The summed E-state index contributed by atoms with van der Waals surface area (Å²) in [5, 5.41) is 19.2. The van der Waals surface area contributed by atoms with Crippen molar-refractivity contribution in [1.82, 2.24) is 19.7 Å². The maximum Gasteiger partial charge on any atom is 0.421 e. The number of nitriles is 1. The van der Waals surface area contributed by atoms with Gasteiger partial charge >= 0.3 is 6.18 Å². The molecule has 10 heteroatoms. The van der Waals surface area contributed by atoms with Crippen LogP contribution in [0.3, 0.4) is 0 Å². The van der Waals surface area contributed by atoms with Gasteiger partial charge in [0.25, 0.3) is 0 Å². The van der Waals surface area contributed by atoms with Crippen molar-refractivity contribution in [2.75, 3.05) is 10.6 Å². The molecule has 7 nitrogen and oxygen atoms in total. The zero-order valence-electron chi connectivity index (χ0n) is 15.4. The van der Waals surface area contributed by atoms with Crippen molar-refractivity contribution in [3.8, 4) is 6.07 Å². The van der Waals surface area contributed by atoms with E-state index in [1.807, 2.05) is 6.92 Å². The molecule has 1 aliphatic rings. The molecule has 0 aromatic carbocycles. The van der Waals surface area contributed by atoms with Gasteiger partial charge in [0.1, 0.15) is 16.9 Å². The molecule has 3 rings (SSSR count). The molecule has 0 amide bonds. The fourth-order valence-corrected chi connectivity index (χ4v) is 2.38. The van der Waals surface area contributed by atoms with Gasteiger partial charge in [-0.2, -0.15) is 28.5 Å². The fraction of sp³-hybridized carbons (Fsp3) is 0.529. The van der Waals surface area contributed by atoms with Crippen LogP contribution in [0.25, 0.3) is 0 Å². The molecule has 2 aromatic rings. The minimum absolute atomic E-state index is 0.132. The first-order valence-electron chi connectivity index (χ1n) is 8.41. The highest BCUT2D eigenvalue weighted by atomic mass is 19.4. The highest BCUT2D eigenvalue weighted by Crippen LogP contribution is 2.39. The summed E-state index contributed by atoms with van der Waals surface area (Å²) in [4.78, 5) is 7.84. The van der Waals surface area contributed by atoms with Crippen LogP contribution in [-0.4, -0.2) is 25.3 Å². The van der Waals surface area contributed by atoms with Crippen LogP contribution in [-0.2, 0) is 11.7 Å². The summed E-state index contributed by atoms with van der Waals surface area (Å²) in [6, 6.07) is 2.10. The summed E-state index contributed by atoms with van der Waals surface area (Å²) in [5.41, 5.74) is -1.29. The Kier molecular flexibility index (Phi) is 4.29. The third-order valence-electron chi connectivity index (χ3n) is 4.51. The lowest BCUT2D eigenvalue weighted by Gasteiger charge is -2.17. The van der Waals surface area contributed by atoms with Gasteiger partial charge in [-0.15, -0.1) is 0 Å². The van der Waals surface area contributed by atoms with Crippen molar-refractivity contribution in [2.45, 2.75) is 57.8 Å². The number of aromatic nitrogens is 4. The van der Waals surface area contributed by atoms with Gasteiger partial charge in [-0.25, -0.2) is 4.98 Å². The number of hydrogen-bond donors (Lipinski definition) is 2. The Balaban J connectivity index is 1.97. The number of rotatable bonds is 5. The molecular weight excluding hydrogens is 359 g/mol. The number of aryl methyl sites for hydroxylation is 1. The standard InChI is InChI=1S/C17H20F3N7/c1-10-12(8-27(26-10)15(2,3)9-21)23-13-11(17(18,19)20)7-22-14(24-13)25-16(4)5-6-16/h7-8H,5-6H2,1-4H3,(H2,22,23,24,25). The first-order chi connectivity index (χ1) is 12.4. The molecule has 1 saturated carbocycles. The summed E-state index contributed by atoms with van der Waals surface area (Å²) in [7, 11) is 0. The fourth-order valence-electron chi connectivity index (χ4n) is 2.38. The third-order valence-corrected chi connectivity index (χ3v) is 4.51. The van der Waals surface area contributed by atoms with Crippen LogP contribution in [0.2, 0.25) is 0 Å². The van der Waals surface area contributed by atoms with Crippen LogP contribution in [0.15, 0.2) is 12.4 Å². The van der Waals surface area contributed by atoms with Gasteiger partial charge in [-0.05, 0) is 40.5 Å². The van der Waals surface area contributed by atoms with E-state index in [1.54, 1.807) is 20.8 Å². The van der Waals surface area contributed by atoms with Gasteiger partial charge in [0, 0.05) is 11.7 Å². The van der Waals surface area contributed by atoms with E-state index in [-0.39, 0.29) is 17.3 Å². The Morgan fingerprint density at radius 2 is 1.96 bits per heavy atom. The highest BCUT2D eigenvalue weighted by molar-refractivity contribution is 5.62. The van der Waals surface area contributed by atoms with Crippen molar-refractivity contribution in [2.24, 2.45) is 0 Å². The van der Waals surface area contributed by atoms with Crippen LogP contribution in [0.1, 0.15) is 44.9 Å². The molecule has 0 saturated heterocycles. The molecular formula is C17H20F3N7. The molecule has 0 aliphatic heterocycles. The smallest absolute Gasteiger partial charge is 0.349 e. The molecule has 1 aliphatic carbocycles. The maximum absolute atomic E-state index is 13.4. The Bertz CT molecular complexity index is 904. The molecule has 0 spiro atoms. The van der Waals surface area contributed by atoms with E-state index in [9.17, 15) is 18.4 Å². The molecule has 0 atom stereocenters. The SMILES string of the molecule is Cc1nn(C(C)(C)C#N)cc1Nc1nc(NC2(C)CC2)ncc1C(F)(F)F. The normalized spacial score (nSPS) is 15.9. The van der Waals surface area contributed by atoms with Crippen molar-refractivity contribution in [1.29, 1.82) is 5.26 Å². The van der Waals surface area contributed by atoms with Gasteiger partial charge in [-0.1, -0.05) is 0 Å². The van der Waals surface area contributed by atoms with Gasteiger partial charge in [0.05, 0.1) is 23.6 Å². The summed E-state index contributed by atoms with van der Waals surface area (Å²) >= 11 is 0. The summed E-state index contributed by atoms with van der Waals surface area (Å²) < 4.78 is 41.5. The second kappa shape index (κ2) is 6.11. The molecule has 0 radical (unpaired) electrons. The number of anilines is 3. The maximum atomic E-state index is 13.4. The number of alkyl halides is 3.